The average molecular weight is 494 g/mol. The molecule has 1 saturated heterocycles. The molecule has 1 unspecified atom stereocenters. The lowest BCUT2D eigenvalue weighted by Gasteiger charge is -2.36. The number of aromatic nitrogens is 1. The van der Waals surface area contributed by atoms with Gasteiger partial charge >= 0.3 is 12.3 Å². The number of piperazine rings is 1. The first kappa shape index (κ1) is 26.6. The highest BCUT2D eigenvalue weighted by Crippen LogP contribution is 2.34. The van der Waals surface area contributed by atoms with E-state index in [4.69, 9.17) is 14.5 Å². The van der Waals surface area contributed by atoms with Gasteiger partial charge in [-0.3, -0.25) is 0 Å². The quantitative estimate of drug-likeness (QED) is 0.492. The number of alkyl halides is 3. The van der Waals surface area contributed by atoms with Gasteiger partial charge in [-0.2, -0.15) is 13.2 Å². The van der Waals surface area contributed by atoms with Gasteiger partial charge in [0.25, 0.3) is 0 Å². The second-order valence-electron chi connectivity index (χ2n) is 10.0. The maximum Gasteiger partial charge on any atom is 0.425 e. The smallest absolute Gasteiger partial charge is 0.425 e. The van der Waals surface area contributed by atoms with Crippen LogP contribution in [0.25, 0.3) is 11.3 Å². The summed E-state index contributed by atoms with van der Waals surface area (Å²) in [4.78, 5) is 20.9. The minimum atomic E-state index is -4.43. The Morgan fingerprint density at radius 3 is 2.23 bits per heavy atom. The monoisotopic (exact) mass is 493 g/mol. The van der Waals surface area contributed by atoms with Crippen LogP contribution in [0, 0.1) is 0 Å². The molecule has 1 aromatic heterocycles. The van der Waals surface area contributed by atoms with Crippen molar-refractivity contribution in [2.75, 3.05) is 31.1 Å². The molecule has 9 heteroatoms. The Morgan fingerprint density at radius 1 is 1.00 bits per heavy atom. The van der Waals surface area contributed by atoms with Crippen molar-refractivity contribution in [3.8, 4) is 17.0 Å². The normalized spacial score (nSPS) is 15.8. The molecule has 192 valence electrons. The van der Waals surface area contributed by atoms with Gasteiger partial charge in [0, 0.05) is 31.7 Å². The summed E-state index contributed by atoms with van der Waals surface area (Å²) in [7, 11) is 0. The highest BCUT2D eigenvalue weighted by Gasteiger charge is 2.38. The number of nitrogens with zero attached hydrogens (tertiary/aromatic N) is 3. The Morgan fingerprint density at radius 2 is 1.66 bits per heavy atom. The van der Waals surface area contributed by atoms with Gasteiger partial charge in [-0.15, -0.1) is 0 Å². The van der Waals surface area contributed by atoms with Crippen LogP contribution in [0.15, 0.2) is 36.4 Å². The number of pyridine rings is 1. The summed E-state index contributed by atoms with van der Waals surface area (Å²) in [5.74, 6) is 0.973. The molecule has 2 heterocycles. The Kier molecular flexibility index (Phi) is 7.87. The molecule has 0 bridgehead atoms. The first-order valence-corrected chi connectivity index (χ1v) is 11.8. The van der Waals surface area contributed by atoms with Crippen molar-refractivity contribution < 1.29 is 27.4 Å². The summed E-state index contributed by atoms with van der Waals surface area (Å²) in [6.45, 7) is 12.7. The van der Waals surface area contributed by atoms with Crippen LogP contribution in [0.2, 0.25) is 0 Å². The molecule has 0 spiro atoms. The molecular formula is C26H34F3N3O3. The van der Waals surface area contributed by atoms with E-state index >= 15 is 0 Å². The molecular weight excluding hydrogens is 459 g/mol. The lowest BCUT2D eigenvalue weighted by atomic mass is 9.98. The number of carbonyl (C=O) groups excluding carboxylic acids is 1. The fourth-order valence-electron chi connectivity index (χ4n) is 3.73. The lowest BCUT2D eigenvalue weighted by molar-refractivity contribution is -0.189. The van der Waals surface area contributed by atoms with Gasteiger partial charge in [0.1, 0.15) is 17.2 Å². The molecule has 0 radical (unpaired) electrons. The largest absolute Gasteiger partial charge is 0.481 e. The Balaban J connectivity index is 1.75. The van der Waals surface area contributed by atoms with Crippen LogP contribution < -0.4 is 9.64 Å². The maximum atomic E-state index is 13.0. The van der Waals surface area contributed by atoms with Crippen LogP contribution in [0.1, 0.15) is 53.0 Å². The Labute approximate surface area is 205 Å². The number of hydrogen-bond donors (Lipinski definition) is 0. The maximum absolute atomic E-state index is 13.0. The average Bonchev–Trinajstić information content (AvgIpc) is 2.77. The Bertz CT molecular complexity index is 1030. The fourth-order valence-corrected chi connectivity index (χ4v) is 3.73. The van der Waals surface area contributed by atoms with E-state index < -0.39 is 17.9 Å². The van der Waals surface area contributed by atoms with E-state index in [9.17, 15) is 18.0 Å². The minimum Gasteiger partial charge on any atom is -0.481 e. The molecule has 0 saturated carbocycles. The first-order chi connectivity index (χ1) is 16.2. The van der Waals surface area contributed by atoms with Crippen molar-refractivity contribution in [2.24, 2.45) is 0 Å². The first-order valence-electron chi connectivity index (χ1n) is 11.8. The molecule has 1 fully saturated rings. The van der Waals surface area contributed by atoms with Crippen molar-refractivity contribution in [2.45, 2.75) is 65.3 Å². The highest BCUT2D eigenvalue weighted by molar-refractivity contribution is 5.69. The van der Waals surface area contributed by atoms with Gasteiger partial charge in [-0.1, -0.05) is 19.9 Å². The van der Waals surface area contributed by atoms with E-state index in [1.54, 1.807) is 17.0 Å². The van der Waals surface area contributed by atoms with Crippen LogP contribution >= 0.6 is 0 Å². The van der Waals surface area contributed by atoms with Crippen LogP contribution in [0.5, 0.6) is 5.75 Å². The number of benzene rings is 1. The van der Waals surface area contributed by atoms with Gasteiger partial charge in [0.2, 0.25) is 0 Å². The third kappa shape index (κ3) is 7.02. The summed E-state index contributed by atoms with van der Waals surface area (Å²) in [6, 6.07) is 10.9. The van der Waals surface area contributed by atoms with E-state index in [-0.39, 0.29) is 17.8 Å². The highest BCUT2D eigenvalue weighted by atomic mass is 19.4. The predicted octanol–water partition coefficient (Wildman–Crippen LogP) is 6.26. The van der Waals surface area contributed by atoms with Gasteiger partial charge in [0.15, 0.2) is 6.10 Å². The SMILES string of the molecule is CC(C)c1cc(-c2cccc(N3CCN(C(=O)OC(C)(C)C)CC3)n2)ccc1OC(C)C(F)(F)F. The Hall–Kier alpha value is -2.97. The number of amides is 1. The number of ether oxygens (including phenoxy) is 2. The van der Waals surface area contributed by atoms with Crippen molar-refractivity contribution in [3.63, 3.8) is 0 Å². The van der Waals surface area contributed by atoms with Crippen molar-refractivity contribution in [1.82, 2.24) is 9.88 Å². The van der Waals surface area contributed by atoms with Crippen LogP contribution in [0.3, 0.4) is 0 Å². The van der Waals surface area contributed by atoms with E-state index in [1.165, 1.54) is 0 Å². The lowest BCUT2D eigenvalue weighted by Crippen LogP contribution is -2.50. The third-order valence-electron chi connectivity index (χ3n) is 5.68. The molecule has 0 N–H and O–H groups in total. The van der Waals surface area contributed by atoms with E-state index in [0.717, 1.165) is 24.0 Å². The van der Waals surface area contributed by atoms with Crippen molar-refractivity contribution in [3.05, 3.63) is 42.0 Å². The molecule has 1 aliphatic rings. The second kappa shape index (κ2) is 10.3. The number of anilines is 1. The van der Waals surface area contributed by atoms with Gasteiger partial charge in [0.05, 0.1) is 5.69 Å². The predicted molar refractivity (Wildman–Crippen MR) is 130 cm³/mol. The molecule has 1 aromatic carbocycles. The number of rotatable bonds is 5. The molecule has 1 aliphatic heterocycles. The summed E-state index contributed by atoms with van der Waals surface area (Å²) in [5.41, 5.74) is 1.67. The molecule has 35 heavy (non-hydrogen) atoms. The molecule has 6 nitrogen and oxygen atoms in total. The summed E-state index contributed by atoms with van der Waals surface area (Å²) < 4.78 is 49.7. The standard InChI is InChI=1S/C26H34F3N3O3/c1-17(2)20-16-19(10-11-22(20)34-18(3)26(27,28)29)21-8-7-9-23(30-21)31-12-14-32(15-13-31)24(33)35-25(4,5)6/h7-11,16-18H,12-15H2,1-6H3. The minimum absolute atomic E-state index is 0.0329. The zero-order valence-corrected chi connectivity index (χ0v) is 21.1. The van der Waals surface area contributed by atoms with Crippen LogP contribution in [-0.4, -0.2) is 60.0 Å². The summed E-state index contributed by atoms with van der Waals surface area (Å²) in [5, 5.41) is 0. The van der Waals surface area contributed by atoms with Gasteiger partial charge < -0.3 is 19.3 Å². The summed E-state index contributed by atoms with van der Waals surface area (Å²) >= 11 is 0. The van der Waals surface area contributed by atoms with E-state index in [1.807, 2.05) is 58.9 Å². The topological polar surface area (TPSA) is 54.9 Å². The van der Waals surface area contributed by atoms with Crippen molar-refractivity contribution in [1.29, 1.82) is 0 Å². The van der Waals surface area contributed by atoms with Gasteiger partial charge in [-0.25, -0.2) is 9.78 Å². The van der Waals surface area contributed by atoms with Crippen LogP contribution in [0.4, 0.5) is 23.8 Å². The fraction of sp³-hybridized carbons (Fsp3) is 0.538. The van der Waals surface area contributed by atoms with Gasteiger partial charge in [-0.05, 0) is 69.5 Å². The molecule has 0 aliphatic carbocycles. The molecule has 2 aromatic rings. The zero-order valence-electron chi connectivity index (χ0n) is 21.1. The number of halogens is 3. The van der Waals surface area contributed by atoms with E-state index in [0.29, 0.717) is 31.7 Å². The second-order valence-corrected chi connectivity index (χ2v) is 10.0. The van der Waals surface area contributed by atoms with Crippen LogP contribution in [-0.2, 0) is 4.74 Å². The summed E-state index contributed by atoms with van der Waals surface area (Å²) in [6.07, 6.45) is -6.65. The van der Waals surface area contributed by atoms with E-state index in [2.05, 4.69) is 4.90 Å². The number of carbonyl (C=O) groups is 1. The zero-order chi connectivity index (χ0) is 26.0. The third-order valence-corrected chi connectivity index (χ3v) is 5.68. The molecule has 3 rings (SSSR count). The van der Waals surface area contributed by atoms with Crippen molar-refractivity contribution >= 4 is 11.9 Å². The number of hydrogen-bond acceptors (Lipinski definition) is 5. The molecule has 1 atom stereocenters. The molecule has 1 amide bonds.